The second-order valence-corrected chi connectivity index (χ2v) is 6.82. The first kappa shape index (κ1) is 17.2. The van der Waals surface area contributed by atoms with E-state index in [9.17, 15) is 17.6 Å². The van der Waals surface area contributed by atoms with Crippen molar-refractivity contribution < 1.29 is 27.4 Å². The molecule has 2 aromatic carbocycles. The molecule has 0 aliphatic rings. The summed E-state index contributed by atoms with van der Waals surface area (Å²) in [4.78, 5) is 10.5. The van der Waals surface area contributed by atoms with E-state index in [4.69, 9.17) is 9.84 Å². The molecule has 0 spiro atoms. The van der Waals surface area contributed by atoms with Gasteiger partial charge in [-0.05, 0) is 40.2 Å². The van der Waals surface area contributed by atoms with E-state index in [0.717, 1.165) is 12.1 Å². The van der Waals surface area contributed by atoms with Gasteiger partial charge in [-0.2, -0.15) is 0 Å². The van der Waals surface area contributed by atoms with Crippen molar-refractivity contribution in [3.05, 3.63) is 52.3 Å². The van der Waals surface area contributed by atoms with E-state index in [1.165, 1.54) is 13.2 Å². The molecule has 0 heterocycles. The number of methoxy groups -OCH3 is 1. The highest BCUT2D eigenvalue weighted by atomic mass is 79.9. The van der Waals surface area contributed by atoms with Crippen molar-refractivity contribution in [2.45, 2.75) is 4.90 Å². The predicted molar refractivity (Wildman–Crippen MR) is 84.9 cm³/mol. The second-order valence-electron chi connectivity index (χ2n) is 4.38. The minimum atomic E-state index is -4.24. The number of benzene rings is 2. The number of aromatic carboxylic acids is 1. The standard InChI is InChI=1S/C14H11BrFNO5S/c1-22-11-5-3-2-4-10(11)17-23(20,21)12-7-8(14(18)19)6-9(16)13(12)15/h2-7,17H,1H3,(H,18,19). The lowest BCUT2D eigenvalue weighted by atomic mass is 10.2. The van der Waals surface area contributed by atoms with Gasteiger partial charge in [0.25, 0.3) is 10.0 Å². The van der Waals surface area contributed by atoms with Crippen LogP contribution in [-0.4, -0.2) is 26.6 Å². The molecule has 122 valence electrons. The Morgan fingerprint density at radius 2 is 1.96 bits per heavy atom. The van der Waals surface area contributed by atoms with E-state index < -0.39 is 32.3 Å². The van der Waals surface area contributed by atoms with Gasteiger partial charge in [0, 0.05) is 0 Å². The molecule has 0 aliphatic carbocycles. The zero-order valence-corrected chi connectivity index (χ0v) is 14.1. The first-order chi connectivity index (χ1) is 10.8. The Labute approximate surface area is 140 Å². The highest BCUT2D eigenvalue weighted by Crippen LogP contribution is 2.31. The monoisotopic (exact) mass is 403 g/mol. The molecular formula is C14H11BrFNO5S. The Kier molecular flexibility index (Phi) is 4.90. The Morgan fingerprint density at radius 3 is 2.57 bits per heavy atom. The van der Waals surface area contributed by atoms with E-state index >= 15 is 0 Å². The van der Waals surface area contributed by atoms with E-state index in [0.29, 0.717) is 0 Å². The summed E-state index contributed by atoms with van der Waals surface area (Å²) in [6.45, 7) is 0. The van der Waals surface area contributed by atoms with Crippen LogP contribution in [-0.2, 0) is 10.0 Å². The van der Waals surface area contributed by atoms with Gasteiger partial charge in [0.15, 0.2) is 0 Å². The third kappa shape index (κ3) is 3.62. The minimum absolute atomic E-state index is 0.142. The zero-order valence-electron chi connectivity index (χ0n) is 11.7. The maximum atomic E-state index is 13.8. The van der Waals surface area contributed by atoms with Crippen LogP contribution in [0.4, 0.5) is 10.1 Å². The van der Waals surface area contributed by atoms with Crippen LogP contribution < -0.4 is 9.46 Å². The minimum Gasteiger partial charge on any atom is -0.495 e. The summed E-state index contributed by atoms with van der Waals surface area (Å²) in [6.07, 6.45) is 0. The van der Waals surface area contributed by atoms with Gasteiger partial charge >= 0.3 is 5.97 Å². The highest BCUT2D eigenvalue weighted by Gasteiger charge is 2.24. The Balaban J connectivity index is 2.54. The van der Waals surface area contributed by atoms with Crippen LogP contribution in [0, 0.1) is 5.82 Å². The van der Waals surface area contributed by atoms with Crippen LogP contribution in [0.5, 0.6) is 5.75 Å². The van der Waals surface area contributed by atoms with Crippen LogP contribution >= 0.6 is 15.9 Å². The van der Waals surface area contributed by atoms with Crippen molar-refractivity contribution >= 4 is 37.6 Å². The maximum absolute atomic E-state index is 13.8. The molecular weight excluding hydrogens is 393 g/mol. The molecule has 0 amide bonds. The number of nitrogens with one attached hydrogen (secondary N) is 1. The Morgan fingerprint density at radius 1 is 1.30 bits per heavy atom. The van der Waals surface area contributed by atoms with Crippen molar-refractivity contribution in [1.82, 2.24) is 0 Å². The predicted octanol–water partition coefficient (Wildman–Crippen LogP) is 3.10. The molecule has 0 radical (unpaired) electrons. The average molecular weight is 404 g/mol. The van der Waals surface area contributed by atoms with Crippen molar-refractivity contribution in [1.29, 1.82) is 0 Å². The van der Waals surface area contributed by atoms with E-state index in [1.54, 1.807) is 18.2 Å². The van der Waals surface area contributed by atoms with Gasteiger partial charge in [0.05, 0.1) is 22.8 Å². The number of carboxylic acids is 1. The number of hydrogen-bond donors (Lipinski definition) is 2. The number of ether oxygens (including phenoxy) is 1. The fourth-order valence-electron chi connectivity index (χ4n) is 1.81. The fraction of sp³-hybridized carbons (Fsp3) is 0.0714. The molecule has 0 saturated carbocycles. The second kappa shape index (κ2) is 6.55. The van der Waals surface area contributed by atoms with Gasteiger partial charge in [0.1, 0.15) is 16.5 Å². The van der Waals surface area contributed by atoms with Crippen LogP contribution in [0.25, 0.3) is 0 Å². The number of carboxylic acid groups (broad SMARTS) is 1. The summed E-state index contributed by atoms with van der Waals surface area (Å²) >= 11 is 2.83. The maximum Gasteiger partial charge on any atom is 0.335 e. The molecule has 0 fully saturated rings. The van der Waals surface area contributed by atoms with Gasteiger partial charge in [-0.15, -0.1) is 0 Å². The number of carbonyl (C=O) groups is 1. The Hall–Kier alpha value is -2.13. The SMILES string of the molecule is COc1ccccc1NS(=O)(=O)c1cc(C(=O)O)cc(F)c1Br. The lowest BCUT2D eigenvalue weighted by molar-refractivity contribution is 0.0696. The number of halogens is 2. The molecule has 0 unspecified atom stereocenters. The van der Waals surface area contributed by atoms with Crippen LogP contribution in [0.15, 0.2) is 45.8 Å². The summed E-state index contributed by atoms with van der Waals surface area (Å²) in [5.41, 5.74) is -0.339. The molecule has 0 bridgehead atoms. The van der Waals surface area contributed by atoms with Gasteiger partial charge < -0.3 is 9.84 Å². The summed E-state index contributed by atoms with van der Waals surface area (Å²) < 4.78 is 45.6. The number of rotatable bonds is 5. The van der Waals surface area contributed by atoms with Crippen LogP contribution in [0.2, 0.25) is 0 Å². The first-order valence-electron chi connectivity index (χ1n) is 6.14. The third-order valence-corrected chi connectivity index (χ3v) is 5.34. The van der Waals surface area contributed by atoms with Gasteiger partial charge in [0.2, 0.25) is 0 Å². The van der Waals surface area contributed by atoms with Crippen molar-refractivity contribution in [3.63, 3.8) is 0 Å². The van der Waals surface area contributed by atoms with Gasteiger partial charge in [-0.1, -0.05) is 12.1 Å². The number of sulfonamides is 1. The van der Waals surface area contributed by atoms with Gasteiger partial charge in [-0.25, -0.2) is 17.6 Å². The van der Waals surface area contributed by atoms with Crippen LogP contribution in [0.3, 0.4) is 0 Å². The summed E-state index contributed by atoms with van der Waals surface area (Å²) in [5.74, 6) is -2.17. The summed E-state index contributed by atoms with van der Waals surface area (Å²) in [7, 11) is -2.87. The summed E-state index contributed by atoms with van der Waals surface area (Å²) in [5, 5.41) is 8.95. The number of para-hydroxylation sites is 2. The largest absolute Gasteiger partial charge is 0.495 e. The first-order valence-corrected chi connectivity index (χ1v) is 8.42. The zero-order chi connectivity index (χ0) is 17.2. The van der Waals surface area contributed by atoms with E-state index in [1.807, 2.05) is 0 Å². The molecule has 0 aromatic heterocycles. The smallest absolute Gasteiger partial charge is 0.335 e. The molecule has 2 aromatic rings. The highest BCUT2D eigenvalue weighted by molar-refractivity contribution is 9.10. The Bertz CT molecular complexity index is 869. The average Bonchev–Trinajstić information content (AvgIpc) is 2.49. The molecule has 6 nitrogen and oxygen atoms in total. The van der Waals surface area contributed by atoms with Gasteiger partial charge in [-0.3, -0.25) is 4.72 Å². The number of anilines is 1. The molecule has 0 saturated heterocycles. The quantitative estimate of drug-likeness (QED) is 0.799. The molecule has 2 N–H and O–H groups in total. The topological polar surface area (TPSA) is 92.7 Å². The molecule has 2 rings (SSSR count). The van der Waals surface area contributed by atoms with Crippen LogP contribution in [0.1, 0.15) is 10.4 Å². The molecule has 0 atom stereocenters. The lowest BCUT2D eigenvalue weighted by Crippen LogP contribution is -2.16. The van der Waals surface area contributed by atoms with E-state index in [2.05, 4.69) is 20.7 Å². The van der Waals surface area contributed by atoms with Crippen molar-refractivity contribution in [3.8, 4) is 5.75 Å². The van der Waals surface area contributed by atoms with E-state index in [-0.39, 0.29) is 15.9 Å². The fourth-order valence-corrected chi connectivity index (χ4v) is 3.86. The third-order valence-electron chi connectivity index (χ3n) is 2.88. The molecule has 0 aliphatic heterocycles. The normalized spacial score (nSPS) is 11.1. The van der Waals surface area contributed by atoms with Crippen molar-refractivity contribution in [2.75, 3.05) is 11.8 Å². The summed E-state index contributed by atoms with van der Waals surface area (Å²) in [6, 6.07) is 7.84. The molecule has 23 heavy (non-hydrogen) atoms. The van der Waals surface area contributed by atoms with Crippen molar-refractivity contribution in [2.24, 2.45) is 0 Å². The lowest BCUT2D eigenvalue weighted by Gasteiger charge is -2.13. The number of hydrogen-bond acceptors (Lipinski definition) is 4. The molecule has 9 heteroatoms.